The Kier molecular flexibility index (Phi) is 19.9. The topological polar surface area (TPSA) is 0 Å². The molecule has 0 aromatic heterocycles. The summed E-state index contributed by atoms with van der Waals surface area (Å²) < 4.78 is 0. The highest BCUT2D eigenvalue weighted by Gasteiger charge is 2.05. The monoisotopic (exact) mass is 468 g/mol. The highest BCUT2D eigenvalue weighted by atomic mass is 32.2. The number of hydrogen-bond acceptors (Lipinski definition) is 3. The molecule has 0 atom stereocenters. The zero-order chi connectivity index (χ0) is 21.7. The van der Waals surface area contributed by atoms with E-state index in [-0.39, 0.29) is 0 Å². The van der Waals surface area contributed by atoms with Crippen LogP contribution < -0.4 is 0 Å². The second kappa shape index (κ2) is 21.1. The van der Waals surface area contributed by atoms with E-state index in [4.69, 9.17) is 0 Å². The van der Waals surface area contributed by atoms with Crippen molar-refractivity contribution in [3.8, 4) is 0 Å². The summed E-state index contributed by atoms with van der Waals surface area (Å²) in [5.74, 6) is 3.82. The first kappa shape index (κ1) is 28.3. The summed E-state index contributed by atoms with van der Waals surface area (Å²) in [7, 11) is 0. The Balaban J connectivity index is 2.47. The summed E-state index contributed by atoms with van der Waals surface area (Å²) in [6.07, 6.45) is 20.7. The molecule has 0 N–H and O–H groups in total. The van der Waals surface area contributed by atoms with E-state index >= 15 is 0 Å². The minimum absolute atomic E-state index is 1.27. The molecule has 1 rings (SSSR count). The van der Waals surface area contributed by atoms with Gasteiger partial charge in [0.15, 0.2) is 0 Å². The fraction of sp³-hybridized carbons (Fsp3) is 0.778. The van der Waals surface area contributed by atoms with Crippen molar-refractivity contribution in [2.24, 2.45) is 0 Å². The van der Waals surface area contributed by atoms with E-state index in [1.54, 1.807) is 0 Å². The zero-order valence-corrected chi connectivity index (χ0v) is 22.6. The fourth-order valence-corrected chi connectivity index (χ4v) is 6.72. The molecule has 0 nitrogen and oxygen atoms in total. The fourth-order valence-electron chi connectivity index (χ4n) is 3.48. The van der Waals surface area contributed by atoms with Crippen molar-refractivity contribution in [2.75, 3.05) is 17.3 Å². The first-order chi connectivity index (χ1) is 14.8. The maximum atomic E-state index is 2.46. The Labute approximate surface area is 201 Å². The zero-order valence-electron chi connectivity index (χ0n) is 20.2. The molecular formula is C27H48S3. The second-order valence-electron chi connectivity index (χ2n) is 8.43. The molecule has 0 unspecified atom stereocenters. The summed E-state index contributed by atoms with van der Waals surface area (Å²) in [6.45, 7) is 6.89. The molecule has 1 aromatic rings. The van der Waals surface area contributed by atoms with Crippen molar-refractivity contribution in [3.05, 3.63) is 18.2 Å². The van der Waals surface area contributed by atoms with E-state index < -0.39 is 0 Å². The molecule has 174 valence electrons. The Morgan fingerprint density at radius 1 is 0.400 bits per heavy atom. The van der Waals surface area contributed by atoms with Crippen LogP contribution in [0.5, 0.6) is 0 Å². The van der Waals surface area contributed by atoms with Crippen LogP contribution in [0.1, 0.15) is 117 Å². The third-order valence-electron chi connectivity index (χ3n) is 5.40. The lowest BCUT2D eigenvalue weighted by Crippen LogP contribution is -1.87. The largest absolute Gasteiger partial charge is 0.126 e. The quantitative estimate of drug-likeness (QED) is 0.130. The van der Waals surface area contributed by atoms with Crippen molar-refractivity contribution in [3.63, 3.8) is 0 Å². The van der Waals surface area contributed by atoms with Gasteiger partial charge in [0.25, 0.3) is 0 Å². The van der Waals surface area contributed by atoms with Gasteiger partial charge in [0, 0.05) is 14.7 Å². The lowest BCUT2D eigenvalue weighted by atomic mass is 10.2. The van der Waals surface area contributed by atoms with E-state index in [0.717, 1.165) is 0 Å². The van der Waals surface area contributed by atoms with Gasteiger partial charge in [0.05, 0.1) is 0 Å². The van der Waals surface area contributed by atoms with Gasteiger partial charge in [-0.15, -0.1) is 35.3 Å². The molecule has 0 fully saturated rings. The second-order valence-corrected chi connectivity index (χ2v) is 11.9. The molecule has 0 aliphatic heterocycles. The summed E-state index contributed by atoms with van der Waals surface area (Å²) in [6, 6.07) is 7.37. The van der Waals surface area contributed by atoms with E-state index in [2.05, 4.69) is 74.3 Å². The molecule has 0 aliphatic carbocycles. The molecule has 0 bridgehead atoms. The predicted octanol–water partition coefficient (Wildman–Crippen LogP) is 10.9. The Hall–Kier alpha value is 0.270. The van der Waals surface area contributed by atoms with E-state index in [1.807, 2.05) is 0 Å². The van der Waals surface area contributed by atoms with Gasteiger partial charge in [-0.3, -0.25) is 0 Å². The number of rotatable bonds is 21. The van der Waals surface area contributed by atoms with Crippen LogP contribution in [0.3, 0.4) is 0 Å². The van der Waals surface area contributed by atoms with Crippen molar-refractivity contribution >= 4 is 35.3 Å². The van der Waals surface area contributed by atoms with Gasteiger partial charge in [-0.25, -0.2) is 0 Å². The summed E-state index contributed by atoms with van der Waals surface area (Å²) >= 11 is 6.24. The van der Waals surface area contributed by atoms with Gasteiger partial charge in [0.1, 0.15) is 0 Å². The maximum absolute atomic E-state index is 2.46. The van der Waals surface area contributed by atoms with Crippen molar-refractivity contribution in [1.82, 2.24) is 0 Å². The molecular weight excluding hydrogens is 420 g/mol. The van der Waals surface area contributed by atoms with Crippen LogP contribution in [0.2, 0.25) is 0 Å². The number of benzene rings is 1. The average molecular weight is 469 g/mol. The van der Waals surface area contributed by atoms with E-state index in [0.29, 0.717) is 0 Å². The average Bonchev–Trinajstić information content (AvgIpc) is 2.75. The standard InChI is InChI=1S/C27H48S3/c1-4-7-10-13-16-19-28-25-22-26(29-20-17-14-11-8-5-2)24-27(23-25)30-21-18-15-12-9-6-3/h22-24H,4-21H2,1-3H3. The first-order valence-electron chi connectivity index (χ1n) is 12.8. The van der Waals surface area contributed by atoms with Crippen molar-refractivity contribution in [1.29, 1.82) is 0 Å². The molecule has 0 radical (unpaired) electrons. The Bertz CT molecular complexity index is 417. The van der Waals surface area contributed by atoms with Crippen LogP contribution in [0.4, 0.5) is 0 Å². The molecule has 1 aromatic carbocycles. The van der Waals surface area contributed by atoms with E-state index in [9.17, 15) is 0 Å². The third kappa shape index (κ3) is 16.0. The van der Waals surface area contributed by atoms with Crippen LogP contribution in [-0.4, -0.2) is 17.3 Å². The summed E-state index contributed by atoms with van der Waals surface area (Å²) in [5.41, 5.74) is 0. The van der Waals surface area contributed by atoms with Gasteiger partial charge in [-0.05, 0) is 54.7 Å². The highest BCUT2D eigenvalue weighted by Crippen LogP contribution is 2.33. The Morgan fingerprint density at radius 2 is 0.667 bits per heavy atom. The lowest BCUT2D eigenvalue weighted by Gasteiger charge is -2.10. The van der Waals surface area contributed by atoms with Gasteiger partial charge < -0.3 is 0 Å². The van der Waals surface area contributed by atoms with Gasteiger partial charge >= 0.3 is 0 Å². The number of thioether (sulfide) groups is 3. The molecule has 0 saturated carbocycles. The van der Waals surface area contributed by atoms with Gasteiger partial charge in [-0.1, -0.05) is 97.8 Å². The van der Waals surface area contributed by atoms with Crippen LogP contribution in [0.25, 0.3) is 0 Å². The smallest absolute Gasteiger partial charge is 0.00942 e. The van der Waals surface area contributed by atoms with Crippen LogP contribution in [0.15, 0.2) is 32.9 Å². The minimum Gasteiger partial charge on any atom is -0.126 e. The van der Waals surface area contributed by atoms with Gasteiger partial charge in [0.2, 0.25) is 0 Å². The molecule has 0 aliphatic rings. The highest BCUT2D eigenvalue weighted by molar-refractivity contribution is 8.00. The van der Waals surface area contributed by atoms with Crippen LogP contribution in [-0.2, 0) is 0 Å². The molecule has 0 spiro atoms. The third-order valence-corrected chi connectivity index (χ3v) is 8.59. The van der Waals surface area contributed by atoms with Gasteiger partial charge in [-0.2, -0.15) is 0 Å². The lowest BCUT2D eigenvalue weighted by molar-refractivity contribution is 0.659. The SMILES string of the molecule is CCCCCCCSc1cc(SCCCCCCC)cc(SCCCCCCC)c1. The summed E-state index contributed by atoms with van der Waals surface area (Å²) in [4.78, 5) is 4.49. The summed E-state index contributed by atoms with van der Waals surface area (Å²) in [5, 5.41) is 0. The van der Waals surface area contributed by atoms with Crippen molar-refractivity contribution in [2.45, 2.75) is 132 Å². The number of hydrogen-bond donors (Lipinski definition) is 0. The number of unbranched alkanes of at least 4 members (excludes halogenated alkanes) is 12. The van der Waals surface area contributed by atoms with Crippen molar-refractivity contribution < 1.29 is 0 Å². The molecule has 0 saturated heterocycles. The van der Waals surface area contributed by atoms with Crippen LogP contribution >= 0.6 is 35.3 Å². The molecule has 0 amide bonds. The predicted molar refractivity (Wildman–Crippen MR) is 145 cm³/mol. The first-order valence-corrected chi connectivity index (χ1v) is 15.8. The molecule has 30 heavy (non-hydrogen) atoms. The molecule has 3 heteroatoms. The van der Waals surface area contributed by atoms with E-state index in [1.165, 1.54) is 128 Å². The Morgan fingerprint density at radius 3 is 0.933 bits per heavy atom. The molecule has 0 heterocycles. The maximum Gasteiger partial charge on any atom is 0.00942 e. The van der Waals surface area contributed by atoms with Crippen LogP contribution in [0, 0.1) is 0 Å². The minimum atomic E-state index is 1.27. The normalized spacial score (nSPS) is 11.3.